The van der Waals surface area contributed by atoms with Crippen LogP contribution in [-0.4, -0.2) is 38.9 Å². The van der Waals surface area contributed by atoms with E-state index < -0.39 is 29.3 Å². The first kappa shape index (κ1) is 22.4. The molecule has 31 heavy (non-hydrogen) atoms. The molecule has 1 heterocycles. The van der Waals surface area contributed by atoms with Crippen molar-refractivity contribution >= 4 is 11.6 Å². The normalized spacial score (nSPS) is 11.7. The van der Waals surface area contributed by atoms with Crippen molar-refractivity contribution in [3.05, 3.63) is 71.3 Å². The van der Waals surface area contributed by atoms with E-state index in [0.29, 0.717) is 16.9 Å². The third-order valence-corrected chi connectivity index (χ3v) is 4.69. The van der Waals surface area contributed by atoms with Crippen LogP contribution in [0.25, 0.3) is 5.69 Å². The Bertz CT molecular complexity index is 1060. The molecule has 1 aromatic heterocycles. The predicted molar refractivity (Wildman–Crippen MR) is 107 cm³/mol. The maximum absolute atomic E-state index is 13.7. The highest BCUT2D eigenvalue weighted by molar-refractivity contribution is 6.03. The SMILES string of the molecule is CCN(CC)Cc1cccc(NC(=O)c2nnn(-c3cccc(F)c3)c2C(F)(F)F)c1. The van der Waals surface area contributed by atoms with Crippen LogP contribution in [0.1, 0.15) is 35.6 Å². The molecule has 1 amide bonds. The lowest BCUT2D eigenvalue weighted by molar-refractivity contribution is -0.143. The first-order valence-electron chi connectivity index (χ1n) is 9.64. The molecule has 0 bridgehead atoms. The molecule has 0 saturated carbocycles. The summed E-state index contributed by atoms with van der Waals surface area (Å²) in [4.78, 5) is 14.8. The Kier molecular flexibility index (Phi) is 6.69. The summed E-state index contributed by atoms with van der Waals surface area (Å²) in [5.74, 6) is -1.80. The highest BCUT2D eigenvalue weighted by Gasteiger charge is 2.42. The van der Waals surface area contributed by atoms with Crippen LogP contribution in [0.5, 0.6) is 0 Å². The molecule has 0 radical (unpaired) electrons. The molecule has 10 heteroatoms. The number of nitrogens with zero attached hydrogens (tertiary/aromatic N) is 4. The molecule has 0 aliphatic carbocycles. The summed E-state index contributed by atoms with van der Waals surface area (Å²) in [6.45, 7) is 6.36. The molecule has 0 atom stereocenters. The molecule has 3 aromatic rings. The number of aromatic nitrogens is 3. The quantitative estimate of drug-likeness (QED) is 0.555. The van der Waals surface area contributed by atoms with Gasteiger partial charge in [0.05, 0.1) is 5.69 Å². The molecule has 3 rings (SSSR count). The minimum absolute atomic E-state index is 0.194. The Morgan fingerprint density at radius 1 is 1.10 bits per heavy atom. The first-order chi connectivity index (χ1) is 14.7. The number of hydrogen-bond acceptors (Lipinski definition) is 4. The van der Waals surface area contributed by atoms with E-state index in [-0.39, 0.29) is 5.69 Å². The summed E-state index contributed by atoms with van der Waals surface area (Å²) in [5, 5.41) is 9.33. The van der Waals surface area contributed by atoms with E-state index in [9.17, 15) is 22.4 Å². The Balaban J connectivity index is 1.91. The van der Waals surface area contributed by atoms with Crippen molar-refractivity contribution < 1.29 is 22.4 Å². The Labute approximate surface area is 176 Å². The van der Waals surface area contributed by atoms with Crippen LogP contribution in [-0.2, 0) is 12.7 Å². The van der Waals surface area contributed by atoms with Crippen molar-refractivity contribution in [3.63, 3.8) is 0 Å². The van der Waals surface area contributed by atoms with Gasteiger partial charge >= 0.3 is 6.18 Å². The highest BCUT2D eigenvalue weighted by atomic mass is 19.4. The molecular formula is C21H21F4N5O. The fraction of sp³-hybridized carbons (Fsp3) is 0.286. The molecule has 0 aliphatic rings. The summed E-state index contributed by atoms with van der Waals surface area (Å²) in [6, 6.07) is 11.3. The maximum Gasteiger partial charge on any atom is 0.435 e. The topological polar surface area (TPSA) is 63.1 Å². The van der Waals surface area contributed by atoms with E-state index in [2.05, 4.69) is 20.5 Å². The minimum Gasteiger partial charge on any atom is -0.321 e. The Morgan fingerprint density at radius 3 is 2.45 bits per heavy atom. The molecule has 1 N–H and O–H groups in total. The standard InChI is InChI=1S/C21H21F4N5O/c1-3-29(4-2)13-14-7-5-9-16(11-14)26-20(31)18-19(21(23,24)25)30(28-27-18)17-10-6-8-15(22)12-17/h5-12H,3-4,13H2,1-2H3,(H,26,31). The van der Waals surface area contributed by atoms with Crippen molar-refractivity contribution in [1.29, 1.82) is 0 Å². The molecule has 2 aromatic carbocycles. The maximum atomic E-state index is 13.7. The van der Waals surface area contributed by atoms with Crippen LogP contribution < -0.4 is 5.32 Å². The van der Waals surface area contributed by atoms with E-state index in [1.54, 1.807) is 18.2 Å². The molecule has 164 valence electrons. The van der Waals surface area contributed by atoms with Gasteiger partial charge in [0.2, 0.25) is 0 Å². The third kappa shape index (κ3) is 5.26. The minimum atomic E-state index is -4.94. The molecule has 0 fully saturated rings. The predicted octanol–water partition coefficient (Wildman–Crippen LogP) is 4.52. The zero-order valence-corrected chi connectivity index (χ0v) is 16.9. The van der Waals surface area contributed by atoms with Crippen molar-refractivity contribution in [2.24, 2.45) is 0 Å². The van der Waals surface area contributed by atoms with Crippen molar-refractivity contribution in [2.75, 3.05) is 18.4 Å². The smallest absolute Gasteiger partial charge is 0.321 e. The van der Waals surface area contributed by atoms with E-state index in [1.165, 1.54) is 12.1 Å². The zero-order valence-electron chi connectivity index (χ0n) is 16.9. The third-order valence-electron chi connectivity index (χ3n) is 4.69. The van der Waals surface area contributed by atoms with E-state index in [4.69, 9.17) is 0 Å². The van der Waals surface area contributed by atoms with Gasteiger partial charge in [0.15, 0.2) is 11.4 Å². The fourth-order valence-corrected chi connectivity index (χ4v) is 3.12. The van der Waals surface area contributed by atoms with Crippen molar-refractivity contribution in [2.45, 2.75) is 26.6 Å². The van der Waals surface area contributed by atoms with Crippen molar-refractivity contribution in [3.8, 4) is 5.69 Å². The van der Waals surface area contributed by atoms with Gasteiger partial charge in [0.1, 0.15) is 5.82 Å². The number of anilines is 1. The number of alkyl halides is 3. The Hall–Kier alpha value is -3.27. The van der Waals surface area contributed by atoms with Gasteiger partial charge in [-0.3, -0.25) is 9.69 Å². The number of carbonyl (C=O) groups is 1. The number of benzene rings is 2. The number of carbonyl (C=O) groups excluding carboxylic acids is 1. The lowest BCUT2D eigenvalue weighted by atomic mass is 10.1. The van der Waals surface area contributed by atoms with E-state index >= 15 is 0 Å². The molecular weight excluding hydrogens is 414 g/mol. The first-order valence-corrected chi connectivity index (χ1v) is 9.64. The summed E-state index contributed by atoms with van der Waals surface area (Å²) in [5.41, 5.74) is -1.23. The number of nitrogens with one attached hydrogen (secondary N) is 1. The van der Waals surface area contributed by atoms with Gasteiger partial charge in [-0.05, 0) is 49.0 Å². The second-order valence-corrected chi connectivity index (χ2v) is 6.79. The average molecular weight is 435 g/mol. The lowest BCUT2D eigenvalue weighted by Gasteiger charge is -2.18. The number of halogens is 4. The molecule has 0 aliphatic heterocycles. The monoisotopic (exact) mass is 435 g/mol. The number of amides is 1. The highest BCUT2D eigenvalue weighted by Crippen LogP contribution is 2.33. The molecule has 0 unspecified atom stereocenters. The second kappa shape index (κ2) is 9.25. The Morgan fingerprint density at radius 2 is 1.81 bits per heavy atom. The summed E-state index contributed by atoms with van der Waals surface area (Å²) in [7, 11) is 0. The average Bonchev–Trinajstić information content (AvgIpc) is 3.18. The molecule has 0 saturated heterocycles. The van der Waals surface area contributed by atoms with Crippen LogP contribution in [0.2, 0.25) is 0 Å². The number of hydrogen-bond donors (Lipinski definition) is 1. The van der Waals surface area contributed by atoms with Crippen LogP contribution in [0.3, 0.4) is 0 Å². The van der Waals surface area contributed by atoms with Gasteiger partial charge < -0.3 is 5.32 Å². The van der Waals surface area contributed by atoms with Gasteiger partial charge in [0, 0.05) is 12.2 Å². The molecule has 0 spiro atoms. The van der Waals surface area contributed by atoms with Gasteiger partial charge in [-0.1, -0.05) is 37.3 Å². The molecule has 6 nitrogen and oxygen atoms in total. The van der Waals surface area contributed by atoms with Gasteiger partial charge in [-0.2, -0.15) is 13.2 Å². The summed E-state index contributed by atoms with van der Waals surface area (Å²) in [6.07, 6.45) is -4.94. The number of rotatable bonds is 7. The van der Waals surface area contributed by atoms with E-state index in [0.717, 1.165) is 30.8 Å². The van der Waals surface area contributed by atoms with E-state index in [1.807, 2.05) is 19.9 Å². The lowest BCUT2D eigenvalue weighted by Crippen LogP contribution is -2.22. The van der Waals surface area contributed by atoms with Crippen LogP contribution in [0, 0.1) is 5.82 Å². The van der Waals surface area contributed by atoms with Crippen LogP contribution in [0.15, 0.2) is 48.5 Å². The zero-order chi connectivity index (χ0) is 22.6. The largest absolute Gasteiger partial charge is 0.435 e. The fourth-order valence-electron chi connectivity index (χ4n) is 3.12. The van der Waals surface area contributed by atoms with Gasteiger partial charge in [-0.25, -0.2) is 9.07 Å². The van der Waals surface area contributed by atoms with Gasteiger partial charge in [-0.15, -0.1) is 5.10 Å². The van der Waals surface area contributed by atoms with Gasteiger partial charge in [0.25, 0.3) is 5.91 Å². The second-order valence-electron chi connectivity index (χ2n) is 6.79. The van der Waals surface area contributed by atoms with Crippen LogP contribution in [0.4, 0.5) is 23.2 Å². The summed E-state index contributed by atoms with van der Waals surface area (Å²) >= 11 is 0. The van der Waals surface area contributed by atoms with Crippen molar-refractivity contribution in [1.82, 2.24) is 19.9 Å². The summed E-state index contributed by atoms with van der Waals surface area (Å²) < 4.78 is 55.1. The van der Waals surface area contributed by atoms with Crippen LogP contribution >= 0.6 is 0 Å².